The predicted octanol–water partition coefficient (Wildman–Crippen LogP) is 5.15. The largest absolute Gasteiger partial charge is 0.493 e. The fraction of sp³-hybridized carbons (Fsp3) is 0.231. The van der Waals surface area contributed by atoms with E-state index < -0.39 is 23.4 Å². The Morgan fingerprint density at radius 3 is 2.41 bits per heavy atom. The van der Waals surface area contributed by atoms with Crippen LogP contribution in [-0.2, 0) is 13.6 Å². The van der Waals surface area contributed by atoms with E-state index in [-0.39, 0.29) is 23.9 Å². The van der Waals surface area contributed by atoms with Crippen LogP contribution < -0.4 is 19.3 Å². The number of fused-ring (bicyclic) bond motifs is 1. The smallest absolute Gasteiger partial charge is 0.335 e. The lowest BCUT2D eigenvalue weighted by Crippen LogP contribution is -2.47. The Balaban J connectivity index is 1.96. The van der Waals surface area contributed by atoms with E-state index >= 15 is 8.78 Å². The van der Waals surface area contributed by atoms with Crippen molar-refractivity contribution in [1.82, 2.24) is 14.8 Å². The minimum absolute atomic E-state index is 0.161. The maximum atomic E-state index is 15.4. The molecule has 0 aliphatic carbocycles. The molecule has 1 aromatic carbocycles. The minimum Gasteiger partial charge on any atom is -0.493 e. The zero-order chi connectivity index (χ0) is 26.9. The number of amides is 2. The Morgan fingerprint density at radius 2 is 1.86 bits per heavy atom. The molecule has 192 valence electrons. The first-order valence-corrected chi connectivity index (χ1v) is 11.3. The van der Waals surface area contributed by atoms with E-state index in [0.717, 1.165) is 22.2 Å². The fourth-order valence-electron chi connectivity index (χ4n) is 4.18. The molecule has 1 aliphatic heterocycles. The summed E-state index contributed by atoms with van der Waals surface area (Å²) >= 11 is 0. The molecule has 2 amide bonds. The second-order valence-corrected chi connectivity index (χ2v) is 8.11. The van der Waals surface area contributed by atoms with Crippen LogP contribution >= 0.6 is 0 Å². The van der Waals surface area contributed by atoms with E-state index in [1.807, 2.05) is 13.1 Å². The zero-order valence-corrected chi connectivity index (χ0v) is 21.1. The molecule has 0 spiro atoms. The highest BCUT2D eigenvalue weighted by Crippen LogP contribution is 2.42. The van der Waals surface area contributed by atoms with Crippen LogP contribution in [0.15, 0.2) is 54.1 Å². The quantitative estimate of drug-likeness (QED) is 0.326. The van der Waals surface area contributed by atoms with Crippen molar-refractivity contribution in [1.29, 1.82) is 0 Å². The van der Waals surface area contributed by atoms with Crippen molar-refractivity contribution in [2.45, 2.75) is 20.4 Å². The predicted molar refractivity (Wildman–Crippen MR) is 137 cm³/mol. The van der Waals surface area contributed by atoms with Gasteiger partial charge in [0.1, 0.15) is 11.5 Å². The summed E-state index contributed by atoms with van der Waals surface area (Å²) in [5.41, 5.74) is 2.50. The van der Waals surface area contributed by atoms with Crippen molar-refractivity contribution in [2.75, 3.05) is 24.0 Å². The molecule has 11 heteroatoms. The van der Waals surface area contributed by atoms with Gasteiger partial charge in [-0.1, -0.05) is 12.7 Å². The molecular formula is C26H26F2N6O3. The van der Waals surface area contributed by atoms with Gasteiger partial charge in [-0.15, -0.1) is 0 Å². The number of rotatable bonds is 7. The average Bonchev–Trinajstić information content (AvgIpc) is 3.22. The Kier molecular flexibility index (Phi) is 7.05. The fourth-order valence-corrected chi connectivity index (χ4v) is 4.18. The number of urea groups is 1. The number of aromatic nitrogens is 3. The third-order valence-corrected chi connectivity index (χ3v) is 5.82. The molecule has 1 aliphatic rings. The SMILES string of the molecule is C=C/C=C(\N=CC)N1C(=O)N(c2c(F)c(OC)cc(OC)c2F)Cc2cnc(-c3cn(C)nc3C)cc21. The van der Waals surface area contributed by atoms with E-state index in [4.69, 9.17) is 9.47 Å². The third-order valence-electron chi connectivity index (χ3n) is 5.82. The topological polar surface area (TPSA) is 85.1 Å². The zero-order valence-electron chi connectivity index (χ0n) is 21.1. The number of hydrogen-bond acceptors (Lipinski definition) is 6. The lowest BCUT2D eigenvalue weighted by atomic mass is 10.1. The second-order valence-electron chi connectivity index (χ2n) is 8.11. The van der Waals surface area contributed by atoms with Crippen molar-refractivity contribution < 1.29 is 23.0 Å². The minimum atomic E-state index is -1.04. The number of benzene rings is 1. The molecule has 37 heavy (non-hydrogen) atoms. The molecule has 2 aromatic heterocycles. The van der Waals surface area contributed by atoms with E-state index in [0.29, 0.717) is 16.9 Å². The number of carbonyl (C=O) groups is 1. The molecule has 3 heterocycles. The molecule has 0 fully saturated rings. The summed E-state index contributed by atoms with van der Waals surface area (Å²) < 4.78 is 42.6. The molecule has 0 radical (unpaired) electrons. The number of aryl methyl sites for hydroxylation is 2. The number of carbonyl (C=O) groups excluding carboxylic acids is 1. The summed E-state index contributed by atoms with van der Waals surface area (Å²) in [4.78, 5) is 25.1. The lowest BCUT2D eigenvalue weighted by Gasteiger charge is -2.37. The van der Waals surface area contributed by atoms with Crippen molar-refractivity contribution in [3.05, 3.63) is 72.0 Å². The normalized spacial score (nSPS) is 13.8. The van der Waals surface area contributed by atoms with Gasteiger partial charge in [-0.3, -0.25) is 14.6 Å². The summed E-state index contributed by atoms with van der Waals surface area (Å²) in [6.45, 7) is 7.09. The molecule has 0 atom stereocenters. The van der Waals surface area contributed by atoms with Gasteiger partial charge in [0, 0.05) is 42.8 Å². The van der Waals surface area contributed by atoms with Gasteiger partial charge >= 0.3 is 6.03 Å². The monoisotopic (exact) mass is 508 g/mol. The van der Waals surface area contributed by atoms with Gasteiger partial charge in [0.15, 0.2) is 23.1 Å². The van der Waals surface area contributed by atoms with Crippen LogP contribution in [-0.4, -0.2) is 41.2 Å². The average molecular weight is 509 g/mol. The van der Waals surface area contributed by atoms with Crippen LogP contribution in [0.4, 0.5) is 25.0 Å². The summed E-state index contributed by atoms with van der Waals surface area (Å²) in [5.74, 6) is -2.42. The molecule has 0 unspecified atom stereocenters. The first kappa shape index (κ1) is 25.5. The van der Waals surface area contributed by atoms with Crippen LogP contribution in [0.3, 0.4) is 0 Å². The molecule has 0 saturated carbocycles. The van der Waals surface area contributed by atoms with Crippen molar-refractivity contribution in [3.63, 3.8) is 0 Å². The van der Waals surface area contributed by atoms with E-state index in [1.54, 1.807) is 30.9 Å². The Morgan fingerprint density at radius 1 is 1.19 bits per heavy atom. The van der Waals surface area contributed by atoms with Crippen LogP contribution in [0, 0.1) is 18.6 Å². The summed E-state index contributed by atoms with van der Waals surface area (Å²) in [5, 5.41) is 4.36. The highest BCUT2D eigenvalue weighted by molar-refractivity contribution is 6.09. The number of allylic oxidation sites excluding steroid dienone is 2. The Bertz CT molecular complexity index is 1420. The summed E-state index contributed by atoms with van der Waals surface area (Å²) in [7, 11) is 4.28. The number of ether oxygens (including phenoxy) is 2. The standard InChI is InChI=1S/C26H26F2N6O3/c1-7-9-22(29-8-2)34-19-10-18(17-14-32(4)31-15(17)3)30-12-16(19)13-33(26(34)35)25-23(27)20(36-5)11-21(37-6)24(25)28/h7-12,14H,1,13H2,2-6H3/b22-9+,29-8?. The molecular weight excluding hydrogens is 482 g/mol. The van der Waals surface area contributed by atoms with E-state index in [2.05, 4.69) is 21.7 Å². The van der Waals surface area contributed by atoms with Gasteiger partial charge in [0.05, 0.1) is 37.8 Å². The summed E-state index contributed by atoms with van der Waals surface area (Å²) in [6, 6.07) is 2.08. The van der Waals surface area contributed by atoms with Crippen molar-refractivity contribution >= 4 is 23.6 Å². The van der Waals surface area contributed by atoms with Crippen LogP contribution in [0.5, 0.6) is 11.5 Å². The lowest BCUT2D eigenvalue weighted by molar-refractivity contribution is 0.251. The van der Waals surface area contributed by atoms with Gasteiger partial charge < -0.3 is 9.47 Å². The van der Waals surface area contributed by atoms with Crippen LogP contribution in [0.1, 0.15) is 18.2 Å². The van der Waals surface area contributed by atoms with Crippen molar-refractivity contribution in [3.8, 4) is 22.8 Å². The number of hydrogen-bond donors (Lipinski definition) is 0. The van der Waals surface area contributed by atoms with Crippen molar-refractivity contribution in [2.24, 2.45) is 12.0 Å². The van der Waals surface area contributed by atoms with Crippen LogP contribution in [0.2, 0.25) is 0 Å². The summed E-state index contributed by atoms with van der Waals surface area (Å²) in [6.07, 6.45) is 7.89. The van der Waals surface area contributed by atoms with Gasteiger partial charge in [-0.2, -0.15) is 5.10 Å². The van der Waals surface area contributed by atoms with E-state index in [1.165, 1.54) is 37.5 Å². The Hall–Kier alpha value is -4.54. The molecule has 0 bridgehead atoms. The number of methoxy groups -OCH3 is 2. The number of anilines is 2. The second kappa shape index (κ2) is 10.2. The molecule has 0 N–H and O–H groups in total. The van der Waals surface area contributed by atoms with Gasteiger partial charge in [0.25, 0.3) is 0 Å². The number of pyridine rings is 1. The maximum absolute atomic E-state index is 15.4. The Labute approximate surface area is 213 Å². The van der Waals surface area contributed by atoms with Crippen LogP contribution in [0.25, 0.3) is 11.3 Å². The molecule has 3 aromatic rings. The molecule has 9 nitrogen and oxygen atoms in total. The highest BCUT2D eigenvalue weighted by atomic mass is 19.1. The number of nitrogens with zero attached hydrogens (tertiary/aromatic N) is 6. The maximum Gasteiger partial charge on any atom is 0.335 e. The number of halogens is 2. The van der Waals surface area contributed by atoms with Gasteiger partial charge in [0.2, 0.25) is 0 Å². The highest BCUT2D eigenvalue weighted by Gasteiger charge is 2.38. The molecule has 4 rings (SSSR count). The van der Waals surface area contributed by atoms with E-state index in [9.17, 15) is 4.79 Å². The first-order chi connectivity index (χ1) is 17.7. The van der Waals surface area contributed by atoms with Gasteiger partial charge in [-0.05, 0) is 26.0 Å². The number of aliphatic imine (C=N–C) groups is 1. The first-order valence-electron chi connectivity index (χ1n) is 11.3. The van der Waals surface area contributed by atoms with Gasteiger partial charge in [-0.25, -0.2) is 23.5 Å². The third kappa shape index (κ3) is 4.44. The molecule has 0 saturated heterocycles.